The molecule has 0 spiro atoms. The molecule has 71 heavy (non-hydrogen) atoms. The predicted octanol–water partition coefficient (Wildman–Crippen LogP) is 18.4. The monoisotopic (exact) mass is 1070 g/mol. The maximum absolute atomic E-state index is 9.92. The molecule has 0 aliphatic heterocycles. The molecule has 0 saturated carbocycles. The van der Waals surface area contributed by atoms with Gasteiger partial charge in [-0.3, -0.25) is 0 Å². The summed E-state index contributed by atoms with van der Waals surface area (Å²) in [5.41, 5.74) is 6.62. The fourth-order valence-corrected chi connectivity index (χ4v) is 10.2. The lowest BCUT2D eigenvalue weighted by Crippen LogP contribution is -2.01. The van der Waals surface area contributed by atoms with Crippen LogP contribution in [0.3, 0.4) is 0 Å². The SMILES string of the molecule is Cc1ccc(Sc2ccccc2CNc2cc(Cl)ccc2O)cc1.Oc1ccc(Cl)cc1NCc1ccccc1Sc1ccc(Cl)cc1.Oc1ccc(Cl)cc1NCc1ccccc1Sc1ccccc1. The smallest absolute Gasteiger partial charge is 0.138 e. The van der Waals surface area contributed by atoms with Gasteiger partial charge in [0.05, 0.1) is 17.1 Å². The molecule has 0 bridgehead atoms. The average Bonchev–Trinajstić information content (AvgIpc) is 3.38. The fraction of sp³-hybridized carbons (Fsp3) is 0.0690. The van der Waals surface area contributed by atoms with Crippen molar-refractivity contribution in [3.8, 4) is 17.2 Å². The molecule has 0 radical (unpaired) electrons. The Hall–Kier alpha value is -6.01. The Balaban J connectivity index is 0.000000157. The summed E-state index contributed by atoms with van der Waals surface area (Å²) in [4.78, 5) is 7.05. The zero-order valence-corrected chi connectivity index (χ0v) is 43.8. The summed E-state index contributed by atoms with van der Waals surface area (Å²) in [7, 11) is 0. The average molecular weight is 1070 g/mol. The van der Waals surface area contributed by atoms with Crippen LogP contribution in [0.25, 0.3) is 0 Å². The number of hydrogen-bond donors (Lipinski definition) is 6. The van der Waals surface area contributed by atoms with Crippen LogP contribution in [-0.4, -0.2) is 15.3 Å². The summed E-state index contributed by atoms with van der Waals surface area (Å²) in [6, 6.07) is 66.1. The summed E-state index contributed by atoms with van der Waals surface area (Å²) in [5.74, 6) is 0.577. The maximum Gasteiger partial charge on any atom is 0.138 e. The third-order valence-corrected chi connectivity index (χ3v) is 14.8. The minimum absolute atomic E-state index is 0.183. The van der Waals surface area contributed by atoms with E-state index in [2.05, 4.69) is 95.7 Å². The topological polar surface area (TPSA) is 96.8 Å². The van der Waals surface area contributed by atoms with E-state index in [4.69, 9.17) is 46.4 Å². The molecule has 0 fully saturated rings. The number of benzene rings is 9. The normalized spacial score (nSPS) is 10.5. The molecule has 0 heterocycles. The lowest BCUT2D eigenvalue weighted by Gasteiger charge is -2.12. The van der Waals surface area contributed by atoms with Crippen LogP contribution in [0.2, 0.25) is 20.1 Å². The largest absolute Gasteiger partial charge is 0.506 e. The van der Waals surface area contributed by atoms with Crippen LogP contribution in [0.5, 0.6) is 17.2 Å². The Kier molecular flexibility index (Phi) is 20.1. The van der Waals surface area contributed by atoms with Crippen LogP contribution in [0.4, 0.5) is 17.1 Å². The lowest BCUT2D eigenvalue weighted by atomic mass is 10.2. The van der Waals surface area contributed by atoms with Crippen LogP contribution in [0.15, 0.2) is 236 Å². The van der Waals surface area contributed by atoms with Crippen molar-refractivity contribution in [3.05, 3.63) is 249 Å². The molecule has 6 nitrogen and oxygen atoms in total. The van der Waals surface area contributed by atoms with Crippen LogP contribution in [0, 0.1) is 6.92 Å². The van der Waals surface area contributed by atoms with E-state index in [1.54, 1.807) is 89.9 Å². The van der Waals surface area contributed by atoms with Gasteiger partial charge in [0.15, 0.2) is 0 Å². The third kappa shape index (κ3) is 16.8. The number of phenolic OH excluding ortho intramolecular Hbond substituents is 3. The molecule has 13 heteroatoms. The van der Waals surface area contributed by atoms with Gasteiger partial charge in [0.2, 0.25) is 0 Å². The van der Waals surface area contributed by atoms with Gasteiger partial charge in [-0.2, -0.15) is 0 Å². The van der Waals surface area contributed by atoms with E-state index in [9.17, 15) is 15.3 Å². The molecule has 9 aromatic rings. The van der Waals surface area contributed by atoms with Crippen molar-refractivity contribution >= 4 is 98.8 Å². The van der Waals surface area contributed by atoms with Gasteiger partial charge in [-0.05, 0) is 145 Å². The van der Waals surface area contributed by atoms with Crippen LogP contribution < -0.4 is 16.0 Å². The van der Waals surface area contributed by atoms with E-state index in [-0.39, 0.29) is 17.2 Å². The second-order valence-corrected chi connectivity index (χ2v) is 20.8. The number of anilines is 3. The van der Waals surface area contributed by atoms with Gasteiger partial charge in [-0.25, -0.2) is 0 Å². The summed E-state index contributed by atoms with van der Waals surface area (Å²) >= 11 is 29.0. The number of nitrogens with one attached hydrogen (secondary N) is 3. The molecular formula is C58H49Cl4N3O3S3. The number of rotatable bonds is 15. The van der Waals surface area contributed by atoms with Crippen molar-refractivity contribution in [2.75, 3.05) is 16.0 Å². The van der Waals surface area contributed by atoms with Crippen LogP contribution in [-0.2, 0) is 19.6 Å². The van der Waals surface area contributed by atoms with Crippen molar-refractivity contribution in [2.24, 2.45) is 0 Å². The first-order valence-electron chi connectivity index (χ1n) is 22.3. The zero-order valence-electron chi connectivity index (χ0n) is 38.3. The third-order valence-electron chi connectivity index (χ3n) is 10.5. The molecule has 0 aliphatic carbocycles. The Morgan fingerprint density at radius 2 is 0.634 bits per heavy atom. The van der Waals surface area contributed by atoms with Crippen molar-refractivity contribution in [3.63, 3.8) is 0 Å². The minimum atomic E-state index is 0.183. The van der Waals surface area contributed by atoms with E-state index in [0.29, 0.717) is 51.8 Å². The Morgan fingerprint density at radius 3 is 1.00 bits per heavy atom. The van der Waals surface area contributed by atoms with Crippen molar-refractivity contribution in [1.82, 2.24) is 0 Å². The van der Waals surface area contributed by atoms with Crippen LogP contribution in [0.1, 0.15) is 22.3 Å². The van der Waals surface area contributed by atoms with E-state index in [1.807, 2.05) is 78.9 Å². The number of hydrogen-bond acceptors (Lipinski definition) is 9. The Bertz CT molecular complexity index is 2990. The van der Waals surface area contributed by atoms with E-state index >= 15 is 0 Å². The first-order valence-corrected chi connectivity index (χ1v) is 26.2. The summed E-state index contributed by atoms with van der Waals surface area (Å²) in [6.07, 6.45) is 0. The second kappa shape index (κ2) is 27.0. The predicted molar refractivity (Wildman–Crippen MR) is 302 cm³/mol. The summed E-state index contributed by atoms with van der Waals surface area (Å²) in [5, 5.41) is 42.0. The highest BCUT2D eigenvalue weighted by Gasteiger charge is 2.10. The quantitative estimate of drug-likeness (QED) is 0.0561. The number of halogens is 4. The molecular weight excluding hydrogens is 1020 g/mol. The van der Waals surface area contributed by atoms with Gasteiger partial charge in [-0.15, -0.1) is 0 Å². The second-order valence-electron chi connectivity index (χ2n) is 15.8. The highest BCUT2D eigenvalue weighted by atomic mass is 35.5. The summed E-state index contributed by atoms with van der Waals surface area (Å²) in [6.45, 7) is 3.90. The molecule has 360 valence electrons. The molecule has 0 unspecified atom stereocenters. The highest BCUT2D eigenvalue weighted by molar-refractivity contribution is 8.00. The molecule has 6 N–H and O–H groups in total. The summed E-state index contributed by atoms with van der Waals surface area (Å²) < 4.78 is 0. The molecule has 0 amide bonds. The molecule has 0 aliphatic rings. The highest BCUT2D eigenvalue weighted by Crippen LogP contribution is 2.36. The molecule has 0 saturated heterocycles. The fourth-order valence-electron chi connectivity index (χ4n) is 6.75. The maximum atomic E-state index is 9.92. The molecule has 9 rings (SSSR count). The zero-order chi connectivity index (χ0) is 50.0. The first-order chi connectivity index (χ1) is 34.4. The van der Waals surface area contributed by atoms with Gasteiger partial charge in [0, 0.05) is 69.1 Å². The van der Waals surface area contributed by atoms with Gasteiger partial charge < -0.3 is 31.3 Å². The Morgan fingerprint density at radius 1 is 0.338 bits per heavy atom. The van der Waals surface area contributed by atoms with E-state index in [1.165, 1.54) is 36.3 Å². The number of aromatic hydroxyl groups is 3. The molecule has 0 aromatic heterocycles. The van der Waals surface area contributed by atoms with Gasteiger partial charge in [-0.1, -0.05) is 172 Å². The minimum Gasteiger partial charge on any atom is -0.506 e. The standard InChI is InChI=1S/C20H18ClNOS.C19H15Cl2NOS.C19H16ClNOS/c1-14-6-9-17(10-7-14)24-20-5-3-2-4-15(20)13-22-18-12-16(21)8-11-19(18)23;20-14-5-8-16(9-6-14)24-19-4-2-1-3-13(19)12-22-17-11-15(21)7-10-18(17)23;20-15-10-11-18(22)17(12-15)21-13-14-6-4-5-9-19(14)23-16-7-2-1-3-8-16/h2-12,22-23H,13H2,1H3;1-11,22-23H,12H2;1-12,21-22H,13H2. The van der Waals surface area contributed by atoms with Crippen molar-refractivity contribution < 1.29 is 15.3 Å². The number of phenols is 3. The van der Waals surface area contributed by atoms with Crippen LogP contribution >= 0.6 is 81.7 Å². The van der Waals surface area contributed by atoms with E-state index in [0.717, 1.165) is 20.4 Å². The Labute approximate surface area is 448 Å². The van der Waals surface area contributed by atoms with Gasteiger partial charge >= 0.3 is 0 Å². The van der Waals surface area contributed by atoms with Crippen molar-refractivity contribution in [2.45, 2.75) is 55.9 Å². The van der Waals surface area contributed by atoms with Crippen molar-refractivity contribution in [1.29, 1.82) is 0 Å². The lowest BCUT2D eigenvalue weighted by molar-refractivity contribution is 0.476. The number of aryl methyl sites for hydroxylation is 1. The first kappa shape index (κ1) is 52.8. The molecule has 9 aromatic carbocycles. The molecule has 0 atom stereocenters. The van der Waals surface area contributed by atoms with Gasteiger partial charge in [0.25, 0.3) is 0 Å². The van der Waals surface area contributed by atoms with Gasteiger partial charge in [0.1, 0.15) is 17.2 Å². The van der Waals surface area contributed by atoms with E-state index < -0.39 is 0 Å².